The predicted octanol–water partition coefficient (Wildman–Crippen LogP) is 2.88. The van der Waals surface area contributed by atoms with Crippen molar-refractivity contribution in [2.24, 2.45) is 5.92 Å². The average molecular weight is 237 g/mol. The Balaban J connectivity index is 2.12. The van der Waals surface area contributed by atoms with Crippen molar-refractivity contribution in [2.75, 3.05) is 5.32 Å². The van der Waals surface area contributed by atoms with Gasteiger partial charge in [-0.2, -0.15) is 0 Å². The maximum absolute atomic E-state index is 13.4. The molecule has 0 aliphatic heterocycles. The number of carbonyl (C=O) groups is 1. The van der Waals surface area contributed by atoms with Gasteiger partial charge in [0.15, 0.2) is 0 Å². The number of hydrogen-bond acceptors (Lipinski definition) is 2. The molecule has 1 aliphatic carbocycles. The highest BCUT2D eigenvalue weighted by atomic mass is 19.1. The smallest absolute Gasteiger partial charge is 0.326 e. The number of benzene rings is 1. The van der Waals surface area contributed by atoms with Crippen LogP contribution in [0, 0.1) is 11.7 Å². The first kappa shape index (κ1) is 11.9. The molecule has 0 radical (unpaired) electrons. The van der Waals surface area contributed by atoms with Gasteiger partial charge in [0.05, 0.1) is 5.69 Å². The van der Waals surface area contributed by atoms with Crippen molar-refractivity contribution in [1.29, 1.82) is 0 Å². The molecule has 2 N–H and O–H groups in total. The van der Waals surface area contributed by atoms with Gasteiger partial charge in [-0.05, 0) is 30.9 Å². The zero-order valence-corrected chi connectivity index (χ0v) is 9.53. The first-order valence-corrected chi connectivity index (χ1v) is 5.92. The van der Waals surface area contributed by atoms with Crippen molar-refractivity contribution in [1.82, 2.24) is 0 Å². The van der Waals surface area contributed by atoms with E-state index in [0.717, 1.165) is 25.7 Å². The molecule has 1 saturated carbocycles. The molecule has 1 aromatic carbocycles. The number of nitrogens with one attached hydrogen (secondary N) is 1. The van der Waals surface area contributed by atoms with Crippen LogP contribution in [-0.2, 0) is 4.79 Å². The molecule has 1 atom stereocenters. The molecule has 1 aromatic rings. The summed E-state index contributed by atoms with van der Waals surface area (Å²) in [6, 6.07) is 5.50. The summed E-state index contributed by atoms with van der Waals surface area (Å²) in [5, 5.41) is 12.0. The number of halogens is 1. The van der Waals surface area contributed by atoms with Crippen molar-refractivity contribution in [3.8, 4) is 0 Å². The molecule has 0 amide bonds. The number of carboxylic acid groups (broad SMARTS) is 1. The summed E-state index contributed by atoms with van der Waals surface area (Å²) >= 11 is 0. The van der Waals surface area contributed by atoms with E-state index < -0.39 is 17.8 Å². The van der Waals surface area contributed by atoms with Crippen molar-refractivity contribution in [3.63, 3.8) is 0 Å². The summed E-state index contributed by atoms with van der Waals surface area (Å²) < 4.78 is 13.4. The highest BCUT2D eigenvalue weighted by Gasteiger charge is 2.30. The van der Waals surface area contributed by atoms with Gasteiger partial charge in [0.1, 0.15) is 11.9 Å². The van der Waals surface area contributed by atoms with E-state index in [0.29, 0.717) is 0 Å². The largest absolute Gasteiger partial charge is 0.480 e. The lowest BCUT2D eigenvalue weighted by molar-refractivity contribution is -0.139. The summed E-state index contributed by atoms with van der Waals surface area (Å²) in [6.45, 7) is 0. The Morgan fingerprint density at radius 3 is 2.59 bits per heavy atom. The molecule has 1 unspecified atom stereocenters. The number of hydrogen-bond donors (Lipinski definition) is 2. The van der Waals surface area contributed by atoms with Crippen molar-refractivity contribution >= 4 is 11.7 Å². The molecule has 0 aromatic heterocycles. The van der Waals surface area contributed by atoms with Crippen LogP contribution in [-0.4, -0.2) is 17.1 Å². The van der Waals surface area contributed by atoms with Crippen LogP contribution in [0.15, 0.2) is 24.3 Å². The zero-order valence-electron chi connectivity index (χ0n) is 9.53. The van der Waals surface area contributed by atoms with E-state index >= 15 is 0 Å². The van der Waals surface area contributed by atoms with E-state index in [9.17, 15) is 14.3 Å². The molecule has 2 rings (SSSR count). The first-order chi connectivity index (χ1) is 8.18. The molecule has 0 spiro atoms. The van der Waals surface area contributed by atoms with Crippen LogP contribution in [0.25, 0.3) is 0 Å². The second-order valence-electron chi connectivity index (χ2n) is 4.48. The van der Waals surface area contributed by atoms with E-state index in [1.807, 2.05) is 0 Å². The van der Waals surface area contributed by atoms with Gasteiger partial charge < -0.3 is 10.4 Å². The maximum Gasteiger partial charge on any atom is 0.326 e. The van der Waals surface area contributed by atoms with Crippen LogP contribution in [0.5, 0.6) is 0 Å². The van der Waals surface area contributed by atoms with Gasteiger partial charge >= 0.3 is 5.97 Å². The fraction of sp³-hybridized carbons (Fsp3) is 0.462. The highest BCUT2D eigenvalue weighted by Crippen LogP contribution is 2.30. The van der Waals surface area contributed by atoms with Crippen LogP contribution in [0.4, 0.5) is 10.1 Å². The molecule has 92 valence electrons. The Morgan fingerprint density at radius 1 is 1.35 bits per heavy atom. The first-order valence-electron chi connectivity index (χ1n) is 5.92. The number of para-hydroxylation sites is 1. The normalized spacial score (nSPS) is 17.9. The molecule has 1 aliphatic rings. The minimum Gasteiger partial charge on any atom is -0.480 e. The third-order valence-corrected chi connectivity index (χ3v) is 3.32. The van der Waals surface area contributed by atoms with Crippen LogP contribution >= 0.6 is 0 Å². The molecule has 0 heterocycles. The monoisotopic (exact) mass is 237 g/mol. The second-order valence-corrected chi connectivity index (χ2v) is 4.48. The van der Waals surface area contributed by atoms with Gasteiger partial charge in [0, 0.05) is 0 Å². The van der Waals surface area contributed by atoms with E-state index in [1.54, 1.807) is 18.2 Å². The molecule has 17 heavy (non-hydrogen) atoms. The van der Waals surface area contributed by atoms with Gasteiger partial charge in [-0.1, -0.05) is 25.0 Å². The topological polar surface area (TPSA) is 49.3 Å². The van der Waals surface area contributed by atoms with Gasteiger partial charge in [-0.3, -0.25) is 0 Å². The lowest BCUT2D eigenvalue weighted by Gasteiger charge is -2.21. The third-order valence-electron chi connectivity index (χ3n) is 3.32. The Kier molecular flexibility index (Phi) is 3.61. The second kappa shape index (κ2) is 5.17. The molecule has 0 bridgehead atoms. The highest BCUT2D eigenvalue weighted by molar-refractivity contribution is 5.77. The fourth-order valence-electron chi connectivity index (χ4n) is 2.42. The van der Waals surface area contributed by atoms with Crippen molar-refractivity contribution in [3.05, 3.63) is 30.1 Å². The van der Waals surface area contributed by atoms with Crippen LogP contribution in [0.2, 0.25) is 0 Å². The number of aliphatic carboxylic acids is 1. The Morgan fingerprint density at radius 2 is 2.00 bits per heavy atom. The van der Waals surface area contributed by atoms with Crippen LogP contribution in [0.3, 0.4) is 0 Å². The Bertz CT molecular complexity index is 402. The van der Waals surface area contributed by atoms with Crippen LogP contribution < -0.4 is 5.32 Å². The van der Waals surface area contributed by atoms with E-state index in [2.05, 4.69) is 5.32 Å². The number of anilines is 1. The molecule has 1 fully saturated rings. The summed E-state index contributed by atoms with van der Waals surface area (Å²) in [5.41, 5.74) is 0.270. The fourth-order valence-corrected chi connectivity index (χ4v) is 2.42. The van der Waals surface area contributed by atoms with Crippen molar-refractivity contribution in [2.45, 2.75) is 31.7 Å². The molecular formula is C13H16FNO2. The van der Waals surface area contributed by atoms with E-state index in [-0.39, 0.29) is 11.6 Å². The van der Waals surface area contributed by atoms with Crippen LogP contribution in [0.1, 0.15) is 25.7 Å². The minimum absolute atomic E-state index is 0.104. The summed E-state index contributed by atoms with van der Waals surface area (Å²) in [6.07, 6.45) is 3.93. The summed E-state index contributed by atoms with van der Waals surface area (Å²) in [5.74, 6) is -1.20. The van der Waals surface area contributed by atoms with Gasteiger partial charge in [-0.15, -0.1) is 0 Å². The summed E-state index contributed by atoms with van der Waals surface area (Å²) in [7, 11) is 0. The standard InChI is InChI=1S/C13H16FNO2/c14-10-7-3-4-8-11(10)15-12(13(16)17)9-5-1-2-6-9/h3-4,7-9,12,15H,1-2,5-6H2,(H,16,17). The van der Waals surface area contributed by atoms with E-state index in [1.165, 1.54) is 6.07 Å². The van der Waals surface area contributed by atoms with E-state index in [4.69, 9.17) is 0 Å². The minimum atomic E-state index is -0.903. The average Bonchev–Trinajstić information content (AvgIpc) is 2.81. The lowest BCUT2D eigenvalue weighted by Crippen LogP contribution is -2.36. The van der Waals surface area contributed by atoms with Gasteiger partial charge in [0.25, 0.3) is 0 Å². The summed E-state index contributed by atoms with van der Waals surface area (Å²) in [4.78, 5) is 11.2. The van der Waals surface area contributed by atoms with Gasteiger partial charge in [-0.25, -0.2) is 9.18 Å². The molecule has 4 heteroatoms. The van der Waals surface area contributed by atoms with Crippen molar-refractivity contribution < 1.29 is 14.3 Å². The quantitative estimate of drug-likeness (QED) is 0.846. The molecule has 0 saturated heterocycles. The Labute approximate surface area is 99.7 Å². The number of rotatable bonds is 4. The van der Waals surface area contributed by atoms with Gasteiger partial charge in [0.2, 0.25) is 0 Å². The lowest BCUT2D eigenvalue weighted by atomic mass is 9.98. The molecule has 3 nitrogen and oxygen atoms in total. The maximum atomic E-state index is 13.4. The third kappa shape index (κ3) is 2.75. The molecular weight excluding hydrogens is 221 g/mol. The SMILES string of the molecule is O=C(O)C(Nc1ccccc1F)C1CCCC1. The Hall–Kier alpha value is -1.58. The zero-order chi connectivity index (χ0) is 12.3. The number of carboxylic acids is 1. The predicted molar refractivity (Wildman–Crippen MR) is 63.4 cm³/mol.